The van der Waals surface area contributed by atoms with Crippen molar-refractivity contribution in [2.24, 2.45) is 0 Å². The molecule has 0 bridgehead atoms. The summed E-state index contributed by atoms with van der Waals surface area (Å²) in [5.41, 5.74) is 2.09. The van der Waals surface area contributed by atoms with Crippen LogP contribution in [0, 0.1) is 3.57 Å². The highest BCUT2D eigenvalue weighted by molar-refractivity contribution is 14.1. The molecule has 2 rings (SSSR count). The summed E-state index contributed by atoms with van der Waals surface area (Å²) in [6.45, 7) is 2.97. The van der Waals surface area contributed by atoms with Crippen LogP contribution in [0.15, 0.2) is 42.6 Å². The summed E-state index contributed by atoms with van der Waals surface area (Å²) in [5, 5.41) is 6.08. The van der Waals surface area contributed by atoms with Gasteiger partial charge >= 0.3 is 0 Å². The van der Waals surface area contributed by atoms with Gasteiger partial charge in [-0.2, -0.15) is 0 Å². The fraction of sp³-hybridized carbons (Fsp3) is 0.200. The Morgan fingerprint density at radius 1 is 1.20 bits per heavy atom. The Morgan fingerprint density at radius 3 is 2.65 bits per heavy atom. The first-order chi connectivity index (χ1) is 9.69. The van der Waals surface area contributed by atoms with Crippen molar-refractivity contribution in [3.8, 4) is 0 Å². The minimum absolute atomic E-state index is 0.202. The van der Waals surface area contributed by atoms with Crippen LogP contribution < -0.4 is 10.6 Å². The van der Waals surface area contributed by atoms with Gasteiger partial charge in [0, 0.05) is 27.7 Å². The van der Waals surface area contributed by atoms with Gasteiger partial charge in [0.15, 0.2) is 0 Å². The standard InChI is InChI=1S/C15H16IN3O/c1-2-8-17-13-7-9-18-14(10-13)15(20)19-12-5-3-11(16)4-6-12/h3-7,9-10H,2,8H2,1H3,(H,17,18)(H,19,20). The summed E-state index contributed by atoms with van der Waals surface area (Å²) in [6, 6.07) is 11.3. The van der Waals surface area contributed by atoms with E-state index < -0.39 is 0 Å². The molecule has 20 heavy (non-hydrogen) atoms. The molecule has 1 heterocycles. The Labute approximate surface area is 132 Å². The van der Waals surface area contributed by atoms with Crippen LogP contribution in [0.25, 0.3) is 0 Å². The number of nitrogens with zero attached hydrogens (tertiary/aromatic N) is 1. The zero-order chi connectivity index (χ0) is 14.4. The summed E-state index contributed by atoms with van der Waals surface area (Å²) in [5.74, 6) is -0.202. The largest absolute Gasteiger partial charge is 0.385 e. The second kappa shape index (κ2) is 7.23. The molecular formula is C15H16IN3O. The van der Waals surface area contributed by atoms with Crippen LogP contribution >= 0.6 is 22.6 Å². The number of amides is 1. The zero-order valence-corrected chi connectivity index (χ0v) is 13.3. The Morgan fingerprint density at radius 2 is 1.95 bits per heavy atom. The third kappa shape index (κ3) is 4.19. The smallest absolute Gasteiger partial charge is 0.274 e. The Kier molecular flexibility index (Phi) is 5.34. The van der Waals surface area contributed by atoms with Gasteiger partial charge in [-0.15, -0.1) is 0 Å². The first kappa shape index (κ1) is 14.8. The van der Waals surface area contributed by atoms with Crippen molar-refractivity contribution < 1.29 is 4.79 Å². The van der Waals surface area contributed by atoms with Crippen LogP contribution in [0.5, 0.6) is 0 Å². The summed E-state index contributed by atoms with van der Waals surface area (Å²) in [6.07, 6.45) is 2.67. The average Bonchev–Trinajstić information content (AvgIpc) is 2.48. The molecule has 0 atom stereocenters. The van der Waals surface area contributed by atoms with Gasteiger partial charge < -0.3 is 10.6 Å². The van der Waals surface area contributed by atoms with Crippen LogP contribution in [-0.4, -0.2) is 17.4 Å². The fourth-order valence-corrected chi connectivity index (χ4v) is 2.02. The highest BCUT2D eigenvalue weighted by Gasteiger charge is 2.08. The summed E-state index contributed by atoms with van der Waals surface area (Å²) >= 11 is 2.23. The molecule has 104 valence electrons. The van der Waals surface area contributed by atoms with E-state index in [0.29, 0.717) is 5.69 Å². The van der Waals surface area contributed by atoms with Crippen LogP contribution in [0.2, 0.25) is 0 Å². The number of carbonyl (C=O) groups excluding carboxylic acids is 1. The van der Waals surface area contributed by atoms with E-state index in [1.807, 2.05) is 30.3 Å². The molecular weight excluding hydrogens is 365 g/mol. The highest BCUT2D eigenvalue weighted by Crippen LogP contribution is 2.13. The molecule has 0 radical (unpaired) electrons. The molecule has 0 aliphatic heterocycles. The van der Waals surface area contributed by atoms with E-state index in [1.54, 1.807) is 12.3 Å². The van der Waals surface area contributed by atoms with E-state index in [9.17, 15) is 4.79 Å². The summed E-state index contributed by atoms with van der Waals surface area (Å²) < 4.78 is 1.13. The molecule has 0 spiro atoms. The maximum Gasteiger partial charge on any atom is 0.274 e. The molecule has 0 aliphatic rings. The van der Waals surface area contributed by atoms with Gasteiger partial charge in [0.25, 0.3) is 5.91 Å². The van der Waals surface area contributed by atoms with Gasteiger partial charge in [-0.25, -0.2) is 0 Å². The number of aromatic nitrogens is 1. The van der Waals surface area contributed by atoms with Gasteiger partial charge in [-0.1, -0.05) is 6.92 Å². The van der Waals surface area contributed by atoms with Gasteiger partial charge in [-0.3, -0.25) is 9.78 Å². The fourth-order valence-electron chi connectivity index (χ4n) is 1.66. The van der Waals surface area contributed by atoms with E-state index in [0.717, 1.165) is 27.9 Å². The van der Waals surface area contributed by atoms with Gasteiger partial charge in [0.1, 0.15) is 5.69 Å². The van der Waals surface area contributed by atoms with Gasteiger partial charge in [-0.05, 0) is 65.4 Å². The quantitative estimate of drug-likeness (QED) is 0.776. The minimum Gasteiger partial charge on any atom is -0.385 e. The van der Waals surface area contributed by atoms with Crippen molar-refractivity contribution in [2.45, 2.75) is 13.3 Å². The molecule has 2 aromatic rings. The van der Waals surface area contributed by atoms with Crippen molar-refractivity contribution in [3.63, 3.8) is 0 Å². The number of anilines is 2. The summed E-state index contributed by atoms with van der Waals surface area (Å²) in [4.78, 5) is 16.2. The monoisotopic (exact) mass is 381 g/mol. The number of benzene rings is 1. The highest BCUT2D eigenvalue weighted by atomic mass is 127. The minimum atomic E-state index is -0.202. The van der Waals surface area contributed by atoms with E-state index in [1.165, 1.54) is 0 Å². The lowest BCUT2D eigenvalue weighted by Gasteiger charge is -2.07. The number of carbonyl (C=O) groups is 1. The van der Waals surface area contributed by atoms with E-state index >= 15 is 0 Å². The van der Waals surface area contributed by atoms with Crippen molar-refractivity contribution in [3.05, 3.63) is 51.9 Å². The lowest BCUT2D eigenvalue weighted by Crippen LogP contribution is -2.14. The number of pyridine rings is 1. The predicted octanol–water partition coefficient (Wildman–Crippen LogP) is 3.76. The molecule has 1 amide bonds. The molecule has 5 heteroatoms. The second-order valence-electron chi connectivity index (χ2n) is 4.32. The molecule has 0 saturated heterocycles. The molecule has 4 nitrogen and oxygen atoms in total. The molecule has 0 fully saturated rings. The van der Waals surface area contributed by atoms with E-state index in [4.69, 9.17) is 0 Å². The van der Waals surface area contributed by atoms with Crippen molar-refractivity contribution in [1.29, 1.82) is 0 Å². The maximum absolute atomic E-state index is 12.1. The van der Waals surface area contributed by atoms with Crippen LogP contribution in [0.3, 0.4) is 0 Å². The van der Waals surface area contributed by atoms with Crippen LogP contribution in [-0.2, 0) is 0 Å². The molecule has 2 N–H and O–H groups in total. The molecule has 1 aromatic heterocycles. The normalized spacial score (nSPS) is 10.1. The second-order valence-corrected chi connectivity index (χ2v) is 5.56. The number of hydrogen-bond acceptors (Lipinski definition) is 3. The number of nitrogens with one attached hydrogen (secondary N) is 2. The van der Waals surface area contributed by atoms with Gasteiger partial charge in [0.2, 0.25) is 0 Å². The third-order valence-electron chi connectivity index (χ3n) is 2.67. The Balaban J connectivity index is 2.06. The molecule has 0 aliphatic carbocycles. The van der Waals surface area contributed by atoms with Crippen LogP contribution in [0.4, 0.5) is 11.4 Å². The Bertz CT molecular complexity index is 584. The first-order valence-corrected chi connectivity index (χ1v) is 7.54. The van der Waals surface area contributed by atoms with Crippen molar-refractivity contribution >= 4 is 39.9 Å². The lowest BCUT2D eigenvalue weighted by atomic mass is 10.2. The molecule has 1 aromatic carbocycles. The van der Waals surface area contributed by atoms with Crippen molar-refractivity contribution in [2.75, 3.05) is 17.2 Å². The first-order valence-electron chi connectivity index (χ1n) is 6.46. The topological polar surface area (TPSA) is 54.0 Å². The SMILES string of the molecule is CCCNc1ccnc(C(=O)Nc2ccc(I)cc2)c1. The lowest BCUT2D eigenvalue weighted by molar-refractivity contribution is 0.102. The molecule has 0 saturated carbocycles. The Hall–Kier alpha value is -1.63. The predicted molar refractivity (Wildman–Crippen MR) is 90.1 cm³/mol. The maximum atomic E-state index is 12.1. The average molecular weight is 381 g/mol. The zero-order valence-electron chi connectivity index (χ0n) is 11.2. The number of rotatable bonds is 5. The van der Waals surface area contributed by atoms with Gasteiger partial charge in [0.05, 0.1) is 0 Å². The van der Waals surface area contributed by atoms with Crippen LogP contribution in [0.1, 0.15) is 23.8 Å². The van der Waals surface area contributed by atoms with E-state index in [2.05, 4.69) is 45.1 Å². The third-order valence-corrected chi connectivity index (χ3v) is 3.39. The van der Waals surface area contributed by atoms with Crippen molar-refractivity contribution in [1.82, 2.24) is 4.98 Å². The summed E-state index contributed by atoms with van der Waals surface area (Å²) in [7, 11) is 0. The number of hydrogen-bond donors (Lipinski definition) is 2. The number of halogens is 1. The van der Waals surface area contributed by atoms with E-state index in [-0.39, 0.29) is 5.91 Å². The molecule has 0 unspecified atom stereocenters.